The molecule has 1 atom stereocenters. The topological polar surface area (TPSA) is 81.4 Å². The van der Waals surface area contributed by atoms with E-state index < -0.39 is 15.8 Å². The fourth-order valence-corrected chi connectivity index (χ4v) is 2.94. The lowest BCUT2D eigenvalue weighted by molar-refractivity contribution is 0.0799. The minimum absolute atomic E-state index is 0.0472. The van der Waals surface area contributed by atoms with Crippen LogP contribution in [0.25, 0.3) is 0 Å². The van der Waals surface area contributed by atoms with Gasteiger partial charge >= 0.3 is 0 Å². The third-order valence-electron chi connectivity index (χ3n) is 2.62. The van der Waals surface area contributed by atoms with Crippen molar-refractivity contribution in [1.29, 1.82) is 0 Å². The van der Waals surface area contributed by atoms with Crippen molar-refractivity contribution in [3.05, 3.63) is 28.5 Å². The second-order valence-electron chi connectivity index (χ2n) is 4.20. The Kier molecular flexibility index (Phi) is 6.35. The molecule has 0 aromatic heterocycles. The lowest BCUT2D eigenvalue weighted by atomic mass is 10.2. The van der Waals surface area contributed by atoms with Crippen LogP contribution in [0.1, 0.15) is 19.4 Å². The fourth-order valence-electron chi connectivity index (χ4n) is 1.58. The molecule has 1 rings (SSSR count). The van der Waals surface area contributed by atoms with E-state index in [-0.39, 0.29) is 34.7 Å². The van der Waals surface area contributed by atoms with Crippen LogP contribution >= 0.6 is 11.6 Å². The molecule has 5 nitrogen and oxygen atoms in total. The molecule has 3 N–H and O–H groups in total. The average Bonchev–Trinajstić information content (AvgIpc) is 2.39. The molecule has 0 spiro atoms. The number of sulfonamides is 1. The molecule has 1 unspecified atom stereocenters. The molecular weight excluding hydrogens is 307 g/mol. The minimum atomic E-state index is -3.83. The van der Waals surface area contributed by atoms with E-state index in [9.17, 15) is 12.8 Å². The molecule has 0 saturated heterocycles. The largest absolute Gasteiger partial charge is 0.377 e. The number of rotatable bonds is 7. The van der Waals surface area contributed by atoms with Gasteiger partial charge in [-0.2, -0.15) is 0 Å². The van der Waals surface area contributed by atoms with Crippen molar-refractivity contribution in [2.45, 2.75) is 31.4 Å². The minimum Gasteiger partial charge on any atom is -0.377 e. The quantitative estimate of drug-likeness (QED) is 0.799. The fraction of sp³-hybridized carbons (Fsp3) is 0.500. The van der Waals surface area contributed by atoms with Gasteiger partial charge in [0.05, 0.1) is 16.0 Å². The molecule has 0 bridgehead atoms. The lowest BCUT2D eigenvalue weighted by Gasteiger charge is -2.14. The van der Waals surface area contributed by atoms with E-state index in [4.69, 9.17) is 22.1 Å². The molecule has 114 valence electrons. The van der Waals surface area contributed by atoms with Gasteiger partial charge in [0, 0.05) is 19.7 Å². The number of hydrogen-bond donors (Lipinski definition) is 2. The summed E-state index contributed by atoms with van der Waals surface area (Å²) in [5.74, 6) is -0.812. The molecule has 8 heteroatoms. The zero-order chi connectivity index (χ0) is 15.3. The maximum atomic E-state index is 13.6. The Morgan fingerprint density at radius 1 is 1.50 bits per heavy atom. The zero-order valence-electron chi connectivity index (χ0n) is 11.3. The highest BCUT2D eigenvalue weighted by Gasteiger charge is 2.19. The van der Waals surface area contributed by atoms with E-state index in [2.05, 4.69) is 4.72 Å². The van der Waals surface area contributed by atoms with Crippen LogP contribution < -0.4 is 10.5 Å². The van der Waals surface area contributed by atoms with E-state index in [0.717, 1.165) is 6.07 Å². The molecule has 0 aliphatic heterocycles. The zero-order valence-corrected chi connectivity index (χ0v) is 12.9. The molecule has 0 aliphatic carbocycles. The summed E-state index contributed by atoms with van der Waals surface area (Å²) in [4.78, 5) is -0.205. The summed E-state index contributed by atoms with van der Waals surface area (Å²) in [5.41, 5.74) is 5.65. The lowest BCUT2D eigenvalue weighted by Crippen LogP contribution is -2.32. The van der Waals surface area contributed by atoms with Gasteiger partial charge in [-0.05, 0) is 31.5 Å². The van der Waals surface area contributed by atoms with E-state index >= 15 is 0 Å². The van der Waals surface area contributed by atoms with Gasteiger partial charge in [0.1, 0.15) is 5.82 Å². The van der Waals surface area contributed by atoms with Gasteiger partial charge in [-0.15, -0.1) is 0 Å². The van der Waals surface area contributed by atoms with E-state index in [1.54, 1.807) is 6.92 Å². The summed E-state index contributed by atoms with van der Waals surface area (Å²) >= 11 is 5.69. The predicted molar refractivity (Wildman–Crippen MR) is 75.6 cm³/mol. The van der Waals surface area contributed by atoms with Crippen molar-refractivity contribution in [3.63, 3.8) is 0 Å². The van der Waals surface area contributed by atoms with Crippen molar-refractivity contribution in [2.24, 2.45) is 5.73 Å². The Hall–Kier alpha value is -0.730. The summed E-state index contributed by atoms with van der Waals surface area (Å²) in [6, 6.07) is 2.13. The van der Waals surface area contributed by atoms with Gasteiger partial charge in [-0.1, -0.05) is 11.6 Å². The first-order chi connectivity index (χ1) is 9.31. The highest BCUT2D eigenvalue weighted by molar-refractivity contribution is 7.89. The number of hydrogen-bond acceptors (Lipinski definition) is 4. The van der Waals surface area contributed by atoms with Crippen molar-refractivity contribution in [3.8, 4) is 0 Å². The van der Waals surface area contributed by atoms with Crippen molar-refractivity contribution >= 4 is 21.6 Å². The highest BCUT2D eigenvalue weighted by Crippen LogP contribution is 2.24. The van der Waals surface area contributed by atoms with Gasteiger partial charge in [0.2, 0.25) is 10.0 Å². The summed E-state index contributed by atoms with van der Waals surface area (Å²) in [5, 5.41) is -0.158. The van der Waals surface area contributed by atoms with Gasteiger partial charge in [-0.25, -0.2) is 17.5 Å². The molecule has 0 radical (unpaired) electrons. The number of nitrogens with one attached hydrogen (secondary N) is 1. The van der Waals surface area contributed by atoms with E-state index in [1.165, 1.54) is 6.07 Å². The van der Waals surface area contributed by atoms with Crippen LogP contribution in [0.15, 0.2) is 17.0 Å². The van der Waals surface area contributed by atoms with Crippen molar-refractivity contribution in [2.75, 3.05) is 13.2 Å². The Morgan fingerprint density at radius 3 is 2.70 bits per heavy atom. The first kappa shape index (κ1) is 17.3. The Labute approximate surface area is 123 Å². The molecule has 0 fully saturated rings. The van der Waals surface area contributed by atoms with Crippen LogP contribution in [0.5, 0.6) is 0 Å². The van der Waals surface area contributed by atoms with Crippen LogP contribution in [-0.2, 0) is 21.3 Å². The van der Waals surface area contributed by atoms with Crippen LogP contribution in [0.2, 0.25) is 5.02 Å². The Balaban J connectivity index is 2.95. The average molecular weight is 325 g/mol. The molecular formula is C12H18ClFN2O3S. The standard InChI is InChI=1S/C12H18ClFN2O3S/c1-3-19-8(2)7-16-20(17,18)10-4-9(6-15)12(13)11(14)5-10/h4-5,8,16H,3,6-7,15H2,1-2H3. The van der Waals surface area contributed by atoms with E-state index in [1.807, 2.05) is 6.92 Å². The first-order valence-electron chi connectivity index (χ1n) is 6.11. The number of benzene rings is 1. The highest BCUT2D eigenvalue weighted by atomic mass is 35.5. The van der Waals surface area contributed by atoms with Gasteiger partial charge in [0.25, 0.3) is 0 Å². The van der Waals surface area contributed by atoms with Crippen LogP contribution in [0.3, 0.4) is 0 Å². The molecule has 20 heavy (non-hydrogen) atoms. The Morgan fingerprint density at radius 2 is 2.15 bits per heavy atom. The SMILES string of the molecule is CCOC(C)CNS(=O)(=O)c1cc(F)c(Cl)c(CN)c1. The third kappa shape index (κ3) is 4.39. The smallest absolute Gasteiger partial charge is 0.240 e. The maximum Gasteiger partial charge on any atom is 0.240 e. The Bertz CT molecular complexity index is 566. The third-order valence-corrected chi connectivity index (χ3v) is 4.45. The normalized spacial score (nSPS) is 13.4. The van der Waals surface area contributed by atoms with Crippen LogP contribution in [-0.4, -0.2) is 27.7 Å². The van der Waals surface area contributed by atoms with Crippen molar-refractivity contribution < 1.29 is 17.5 Å². The van der Waals surface area contributed by atoms with Gasteiger partial charge in [0.15, 0.2) is 0 Å². The maximum absolute atomic E-state index is 13.6. The van der Waals surface area contributed by atoms with Crippen LogP contribution in [0, 0.1) is 5.82 Å². The number of nitrogens with two attached hydrogens (primary N) is 1. The summed E-state index contributed by atoms with van der Waals surface area (Å²) < 4.78 is 45.3. The summed E-state index contributed by atoms with van der Waals surface area (Å²) in [7, 11) is -3.83. The molecule has 1 aromatic rings. The summed E-state index contributed by atoms with van der Waals surface area (Å²) in [6.07, 6.45) is -0.277. The monoisotopic (exact) mass is 324 g/mol. The van der Waals surface area contributed by atoms with Gasteiger partial charge < -0.3 is 10.5 Å². The van der Waals surface area contributed by atoms with Crippen molar-refractivity contribution in [1.82, 2.24) is 4.72 Å². The van der Waals surface area contributed by atoms with Crippen LogP contribution in [0.4, 0.5) is 4.39 Å². The molecule has 0 heterocycles. The second-order valence-corrected chi connectivity index (χ2v) is 6.35. The number of halogens is 2. The number of ether oxygens (including phenoxy) is 1. The summed E-state index contributed by atoms with van der Waals surface area (Å²) in [6.45, 7) is 4.08. The first-order valence-corrected chi connectivity index (χ1v) is 7.97. The van der Waals surface area contributed by atoms with E-state index in [0.29, 0.717) is 6.61 Å². The molecule has 0 saturated carbocycles. The molecule has 0 amide bonds. The predicted octanol–water partition coefficient (Wildman–Crippen LogP) is 1.64. The molecule has 1 aromatic carbocycles. The van der Waals surface area contributed by atoms with Gasteiger partial charge in [-0.3, -0.25) is 0 Å². The molecule has 0 aliphatic rings. The second kappa shape index (κ2) is 7.33.